The summed E-state index contributed by atoms with van der Waals surface area (Å²) in [5.41, 5.74) is 2.00. The van der Waals surface area contributed by atoms with Crippen molar-refractivity contribution in [2.75, 3.05) is 19.0 Å². The molecule has 1 aromatic rings. The molecule has 1 rings (SSSR count). The Bertz CT molecular complexity index is 391. The van der Waals surface area contributed by atoms with Crippen LogP contribution in [0.4, 0.5) is 5.69 Å². The van der Waals surface area contributed by atoms with Crippen molar-refractivity contribution in [3.63, 3.8) is 0 Å². The Morgan fingerprint density at radius 2 is 2.18 bits per heavy atom. The molecule has 0 aliphatic heterocycles. The van der Waals surface area contributed by atoms with E-state index in [-0.39, 0.29) is 11.9 Å². The number of hydrogen-bond acceptors (Lipinski definition) is 3. The number of nitrogens with one attached hydrogen (secondary N) is 2. The third-order valence-corrected chi connectivity index (χ3v) is 2.55. The minimum atomic E-state index is -0.248. The molecule has 0 aliphatic carbocycles. The lowest BCUT2D eigenvalue weighted by Crippen LogP contribution is -2.37. The van der Waals surface area contributed by atoms with Gasteiger partial charge in [0.1, 0.15) is 11.8 Å². The molecule has 2 N–H and O–H groups in total. The van der Waals surface area contributed by atoms with Gasteiger partial charge in [-0.3, -0.25) is 4.79 Å². The summed E-state index contributed by atoms with van der Waals surface area (Å²) >= 11 is 0. The molecular formula is C13H20N2O2. The summed E-state index contributed by atoms with van der Waals surface area (Å²) in [7, 11) is 1.64. The van der Waals surface area contributed by atoms with E-state index < -0.39 is 0 Å². The molecule has 0 radical (unpaired) electrons. The Morgan fingerprint density at radius 3 is 2.71 bits per heavy atom. The fourth-order valence-corrected chi connectivity index (χ4v) is 1.55. The van der Waals surface area contributed by atoms with Crippen LogP contribution in [-0.4, -0.2) is 25.6 Å². The van der Waals surface area contributed by atoms with Gasteiger partial charge in [0.05, 0.1) is 7.11 Å². The standard InChI is InChI=1S/C13H20N2O2/c1-5-14-13(16)10(3)15-12-7-6-11(17-4)8-9(12)2/h6-8,10,15H,5H2,1-4H3,(H,14,16). The van der Waals surface area contributed by atoms with Crippen LogP contribution in [0.5, 0.6) is 5.75 Å². The Balaban J connectivity index is 2.71. The molecule has 1 amide bonds. The fourth-order valence-electron chi connectivity index (χ4n) is 1.55. The monoisotopic (exact) mass is 236 g/mol. The highest BCUT2D eigenvalue weighted by Gasteiger charge is 2.12. The predicted octanol–water partition coefficient (Wildman–Crippen LogP) is 1.94. The Morgan fingerprint density at radius 1 is 1.47 bits per heavy atom. The molecular weight excluding hydrogens is 216 g/mol. The molecule has 4 nitrogen and oxygen atoms in total. The van der Waals surface area contributed by atoms with Gasteiger partial charge in [0.2, 0.25) is 5.91 Å². The second-order valence-electron chi connectivity index (χ2n) is 3.94. The van der Waals surface area contributed by atoms with Gasteiger partial charge < -0.3 is 15.4 Å². The Kier molecular flexibility index (Phi) is 4.82. The number of aryl methyl sites for hydroxylation is 1. The molecule has 0 bridgehead atoms. The quantitative estimate of drug-likeness (QED) is 0.821. The highest BCUT2D eigenvalue weighted by atomic mass is 16.5. The maximum Gasteiger partial charge on any atom is 0.242 e. The van der Waals surface area contributed by atoms with Gasteiger partial charge in [-0.2, -0.15) is 0 Å². The molecule has 17 heavy (non-hydrogen) atoms. The largest absolute Gasteiger partial charge is 0.497 e. The van der Waals surface area contributed by atoms with Crippen molar-refractivity contribution in [3.8, 4) is 5.75 Å². The number of hydrogen-bond donors (Lipinski definition) is 2. The van der Waals surface area contributed by atoms with Gasteiger partial charge in [0.15, 0.2) is 0 Å². The van der Waals surface area contributed by atoms with Crippen LogP contribution in [0.15, 0.2) is 18.2 Å². The molecule has 1 aromatic carbocycles. The first-order valence-corrected chi connectivity index (χ1v) is 5.77. The number of rotatable bonds is 5. The van der Waals surface area contributed by atoms with Crippen molar-refractivity contribution in [1.29, 1.82) is 0 Å². The van der Waals surface area contributed by atoms with E-state index in [4.69, 9.17) is 4.74 Å². The number of likely N-dealkylation sites (N-methyl/N-ethyl adjacent to an activating group) is 1. The number of benzene rings is 1. The van der Waals surface area contributed by atoms with Gasteiger partial charge in [0, 0.05) is 12.2 Å². The summed E-state index contributed by atoms with van der Waals surface area (Å²) in [6.45, 7) is 6.37. The summed E-state index contributed by atoms with van der Waals surface area (Å²) in [6, 6.07) is 5.48. The zero-order chi connectivity index (χ0) is 12.8. The summed E-state index contributed by atoms with van der Waals surface area (Å²) in [5.74, 6) is 0.821. The fraction of sp³-hybridized carbons (Fsp3) is 0.462. The smallest absolute Gasteiger partial charge is 0.242 e. The van der Waals surface area contributed by atoms with Crippen LogP contribution >= 0.6 is 0 Å². The summed E-state index contributed by atoms with van der Waals surface area (Å²) in [6.07, 6.45) is 0. The first-order chi connectivity index (χ1) is 8.08. The highest BCUT2D eigenvalue weighted by Crippen LogP contribution is 2.21. The summed E-state index contributed by atoms with van der Waals surface area (Å²) in [4.78, 5) is 11.6. The van der Waals surface area contributed by atoms with Gasteiger partial charge in [-0.15, -0.1) is 0 Å². The van der Waals surface area contributed by atoms with Crippen LogP contribution < -0.4 is 15.4 Å². The van der Waals surface area contributed by atoms with E-state index in [2.05, 4.69) is 10.6 Å². The molecule has 0 spiro atoms. The van der Waals surface area contributed by atoms with Gasteiger partial charge in [-0.05, 0) is 44.5 Å². The molecule has 4 heteroatoms. The van der Waals surface area contributed by atoms with Crippen LogP contribution in [0.1, 0.15) is 19.4 Å². The number of carbonyl (C=O) groups excluding carboxylic acids is 1. The second-order valence-corrected chi connectivity index (χ2v) is 3.94. The number of methoxy groups -OCH3 is 1. The predicted molar refractivity (Wildman–Crippen MR) is 69.5 cm³/mol. The van der Waals surface area contributed by atoms with Gasteiger partial charge in [0.25, 0.3) is 0 Å². The van der Waals surface area contributed by atoms with E-state index >= 15 is 0 Å². The molecule has 0 aliphatic rings. The van der Waals surface area contributed by atoms with Gasteiger partial charge in [-0.1, -0.05) is 0 Å². The van der Waals surface area contributed by atoms with Crippen LogP contribution in [-0.2, 0) is 4.79 Å². The second kappa shape index (κ2) is 6.13. The molecule has 94 valence electrons. The van der Waals surface area contributed by atoms with E-state index in [1.807, 2.05) is 39.0 Å². The molecule has 0 saturated heterocycles. The Hall–Kier alpha value is -1.71. The van der Waals surface area contributed by atoms with E-state index in [1.54, 1.807) is 7.11 Å². The minimum Gasteiger partial charge on any atom is -0.497 e. The molecule has 0 saturated carbocycles. The zero-order valence-corrected chi connectivity index (χ0v) is 10.8. The van der Waals surface area contributed by atoms with Crippen molar-refractivity contribution in [3.05, 3.63) is 23.8 Å². The lowest BCUT2D eigenvalue weighted by molar-refractivity contribution is -0.121. The first kappa shape index (κ1) is 13.4. The lowest BCUT2D eigenvalue weighted by Gasteiger charge is -2.16. The molecule has 1 atom stereocenters. The normalized spacial score (nSPS) is 11.8. The Labute approximate surface area is 102 Å². The van der Waals surface area contributed by atoms with Crippen molar-refractivity contribution < 1.29 is 9.53 Å². The van der Waals surface area contributed by atoms with E-state index in [1.165, 1.54) is 0 Å². The van der Waals surface area contributed by atoms with E-state index in [0.717, 1.165) is 17.0 Å². The van der Waals surface area contributed by atoms with Crippen LogP contribution in [0.2, 0.25) is 0 Å². The minimum absolute atomic E-state index is 0.00252. The number of carbonyl (C=O) groups is 1. The van der Waals surface area contributed by atoms with Gasteiger partial charge >= 0.3 is 0 Å². The maximum absolute atomic E-state index is 11.6. The topological polar surface area (TPSA) is 50.4 Å². The third kappa shape index (κ3) is 3.66. The lowest BCUT2D eigenvalue weighted by atomic mass is 10.1. The summed E-state index contributed by atoms with van der Waals surface area (Å²) in [5, 5.41) is 5.96. The highest BCUT2D eigenvalue weighted by molar-refractivity contribution is 5.84. The zero-order valence-electron chi connectivity index (χ0n) is 10.8. The van der Waals surface area contributed by atoms with E-state index in [9.17, 15) is 4.79 Å². The van der Waals surface area contributed by atoms with Crippen LogP contribution in [0, 0.1) is 6.92 Å². The SMILES string of the molecule is CCNC(=O)C(C)Nc1ccc(OC)cc1C. The number of amides is 1. The maximum atomic E-state index is 11.6. The molecule has 0 aromatic heterocycles. The average molecular weight is 236 g/mol. The van der Waals surface area contributed by atoms with Crippen molar-refractivity contribution in [1.82, 2.24) is 5.32 Å². The average Bonchev–Trinajstić information content (AvgIpc) is 2.31. The first-order valence-electron chi connectivity index (χ1n) is 5.77. The number of anilines is 1. The van der Waals surface area contributed by atoms with Crippen molar-refractivity contribution in [2.24, 2.45) is 0 Å². The summed E-state index contributed by atoms with van der Waals surface area (Å²) < 4.78 is 5.13. The van der Waals surface area contributed by atoms with Gasteiger partial charge in [-0.25, -0.2) is 0 Å². The molecule has 0 heterocycles. The molecule has 1 unspecified atom stereocenters. The molecule has 0 fully saturated rings. The number of ether oxygens (including phenoxy) is 1. The van der Waals surface area contributed by atoms with E-state index in [0.29, 0.717) is 6.54 Å². The van der Waals surface area contributed by atoms with Crippen LogP contribution in [0.3, 0.4) is 0 Å². The van der Waals surface area contributed by atoms with Crippen molar-refractivity contribution >= 4 is 11.6 Å². The third-order valence-electron chi connectivity index (χ3n) is 2.55. The van der Waals surface area contributed by atoms with Crippen LogP contribution in [0.25, 0.3) is 0 Å². The van der Waals surface area contributed by atoms with Crippen molar-refractivity contribution in [2.45, 2.75) is 26.8 Å².